The van der Waals surface area contributed by atoms with Crippen molar-refractivity contribution < 1.29 is 27.4 Å². The van der Waals surface area contributed by atoms with Crippen molar-refractivity contribution in [2.75, 3.05) is 26.0 Å². The Balaban J connectivity index is 1.77. The van der Waals surface area contributed by atoms with Crippen LogP contribution < -0.4 is 17.3 Å². The molecule has 3 rings (SSSR count). The molecule has 1 aliphatic heterocycles. The van der Waals surface area contributed by atoms with Crippen LogP contribution in [0.2, 0.25) is 5.02 Å². The SMILES string of the molecule is CO[C@@H](CN(N)/C=C(\N)c1csc(N)n1)C(OC1COC1C)Sc1ccc(C(F)(F)F)c(Cl)c1. The molecule has 0 radical (unpaired) electrons. The lowest BCUT2D eigenvalue weighted by Gasteiger charge is -2.38. The van der Waals surface area contributed by atoms with Crippen molar-refractivity contribution in [3.63, 3.8) is 0 Å². The Labute approximate surface area is 208 Å². The highest BCUT2D eigenvalue weighted by Gasteiger charge is 2.36. The molecule has 0 spiro atoms. The summed E-state index contributed by atoms with van der Waals surface area (Å²) in [4.78, 5) is 4.59. The van der Waals surface area contributed by atoms with E-state index in [0.717, 1.165) is 6.07 Å². The zero-order valence-corrected chi connectivity index (χ0v) is 20.7. The van der Waals surface area contributed by atoms with Gasteiger partial charge < -0.3 is 30.7 Å². The van der Waals surface area contributed by atoms with E-state index in [9.17, 15) is 13.2 Å². The summed E-state index contributed by atoms with van der Waals surface area (Å²) in [6.45, 7) is 2.42. The van der Waals surface area contributed by atoms with Crippen LogP contribution in [0.5, 0.6) is 0 Å². The van der Waals surface area contributed by atoms with E-state index in [1.165, 1.54) is 53.6 Å². The van der Waals surface area contributed by atoms with Crippen LogP contribution in [0, 0.1) is 0 Å². The number of ether oxygens (including phenoxy) is 3. The van der Waals surface area contributed by atoms with E-state index < -0.39 is 28.3 Å². The fourth-order valence-corrected chi connectivity index (χ4v) is 5.08. The van der Waals surface area contributed by atoms with Crippen LogP contribution in [0.4, 0.5) is 18.3 Å². The van der Waals surface area contributed by atoms with Gasteiger partial charge in [0.1, 0.15) is 23.3 Å². The minimum absolute atomic E-state index is 0.128. The van der Waals surface area contributed by atoms with Crippen LogP contribution >= 0.6 is 34.7 Å². The molecule has 0 aliphatic carbocycles. The second-order valence-corrected chi connectivity index (χ2v) is 9.93. The number of nitrogens with two attached hydrogens (primary N) is 3. The molecule has 1 aromatic heterocycles. The van der Waals surface area contributed by atoms with E-state index in [4.69, 9.17) is 43.1 Å². The number of nitrogen functional groups attached to an aromatic ring is 1. The first kappa shape index (κ1) is 26.9. The molecule has 14 heteroatoms. The molecule has 4 atom stereocenters. The van der Waals surface area contributed by atoms with E-state index in [1.54, 1.807) is 5.38 Å². The number of benzene rings is 1. The lowest BCUT2D eigenvalue weighted by Crippen LogP contribution is -2.50. The minimum atomic E-state index is -4.54. The summed E-state index contributed by atoms with van der Waals surface area (Å²) < 4.78 is 56.4. The van der Waals surface area contributed by atoms with Gasteiger partial charge in [0.15, 0.2) is 5.13 Å². The quantitative estimate of drug-likeness (QED) is 0.179. The summed E-state index contributed by atoms with van der Waals surface area (Å²) in [6.07, 6.45) is -3.97. The fraction of sp³-hybridized carbons (Fsp3) is 0.450. The van der Waals surface area contributed by atoms with Gasteiger partial charge in [0.05, 0.1) is 35.5 Å². The Bertz CT molecular complexity index is 1010. The first-order chi connectivity index (χ1) is 16.0. The van der Waals surface area contributed by atoms with Gasteiger partial charge in [-0.3, -0.25) is 0 Å². The second kappa shape index (κ2) is 11.3. The minimum Gasteiger partial charge on any atom is -0.396 e. The molecule has 0 bridgehead atoms. The Morgan fingerprint density at radius 3 is 2.71 bits per heavy atom. The third-order valence-electron chi connectivity index (χ3n) is 4.97. The Kier molecular flexibility index (Phi) is 8.95. The molecule has 1 aliphatic rings. The van der Waals surface area contributed by atoms with Gasteiger partial charge in [-0.05, 0) is 25.1 Å². The Hall–Kier alpha value is -1.74. The lowest BCUT2D eigenvalue weighted by molar-refractivity contribution is -0.198. The van der Waals surface area contributed by atoms with Crippen LogP contribution in [-0.2, 0) is 20.4 Å². The second-order valence-electron chi connectivity index (χ2n) is 7.47. The van der Waals surface area contributed by atoms with Crippen LogP contribution in [-0.4, -0.2) is 54.0 Å². The molecule has 3 unspecified atom stereocenters. The highest BCUT2D eigenvalue weighted by molar-refractivity contribution is 7.99. The van der Waals surface area contributed by atoms with Gasteiger partial charge in [0.2, 0.25) is 0 Å². The number of alkyl halides is 3. The van der Waals surface area contributed by atoms with Gasteiger partial charge in [-0.2, -0.15) is 13.2 Å². The first-order valence-corrected chi connectivity index (χ1v) is 12.1. The lowest BCUT2D eigenvalue weighted by atomic mass is 10.1. The van der Waals surface area contributed by atoms with Gasteiger partial charge in [-0.15, -0.1) is 11.3 Å². The fourth-order valence-electron chi connectivity index (χ4n) is 3.01. The maximum atomic E-state index is 13.1. The van der Waals surface area contributed by atoms with Crippen LogP contribution in [0.1, 0.15) is 18.2 Å². The predicted molar refractivity (Wildman–Crippen MR) is 127 cm³/mol. The summed E-state index contributed by atoms with van der Waals surface area (Å²) in [6, 6.07) is 3.54. The number of hydrogen-bond donors (Lipinski definition) is 3. The molecule has 2 heterocycles. The van der Waals surface area contributed by atoms with Crippen molar-refractivity contribution in [1.82, 2.24) is 9.99 Å². The van der Waals surface area contributed by atoms with Gasteiger partial charge in [-0.25, -0.2) is 10.8 Å². The molecule has 8 nitrogen and oxygen atoms in total. The Morgan fingerprint density at radius 2 is 2.21 bits per heavy atom. The molecule has 0 saturated carbocycles. The van der Waals surface area contributed by atoms with Crippen LogP contribution in [0.25, 0.3) is 5.70 Å². The smallest absolute Gasteiger partial charge is 0.396 e. The number of halogens is 4. The zero-order chi connectivity index (χ0) is 25.0. The molecule has 6 N–H and O–H groups in total. The van der Waals surface area contributed by atoms with Crippen molar-refractivity contribution in [3.05, 3.63) is 46.1 Å². The first-order valence-electron chi connectivity index (χ1n) is 10.0. The summed E-state index contributed by atoms with van der Waals surface area (Å²) >= 11 is 8.32. The molecular formula is C20H25ClF3N5O3S2. The number of hydrazine groups is 1. The molecule has 34 heavy (non-hydrogen) atoms. The third-order valence-corrected chi connectivity index (χ3v) is 7.13. The van der Waals surface area contributed by atoms with Gasteiger partial charge in [0, 0.05) is 23.6 Å². The van der Waals surface area contributed by atoms with Crippen molar-refractivity contribution >= 4 is 45.5 Å². The van der Waals surface area contributed by atoms with Crippen LogP contribution in [0.15, 0.2) is 34.7 Å². The van der Waals surface area contributed by atoms with Crippen LogP contribution in [0.3, 0.4) is 0 Å². The number of anilines is 1. The third kappa shape index (κ3) is 6.90. The number of thiazole rings is 1. The molecule has 2 aromatic rings. The predicted octanol–water partition coefficient (Wildman–Crippen LogP) is 3.77. The summed E-state index contributed by atoms with van der Waals surface area (Å²) in [7, 11) is 1.49. The average molecular weight is 540 g/mol. The van der Waals surface area contributed by atoms with Gasteiger partial charge in [-0.1, -0.05) is 23.4 Å². The van der Waals surface area contributed by atoms with Crippen molar-refractivity contribution in [1.29, 1.82) is 0 Å². The topological polar surface area (TPSA) is 122 Å². The number of nitrogens with zero attached hydrogens (tertiary/aromatic N) is 2. The number of aromatic nitrogens is 1. The molecule has 188 valence electrons. The number of hydrogen-bond acceptors (Lipinski definition) is 10. The normalized spacial score (nSPS) is 20.6. The maximum Gasteiger partial charge on any atom is 0.417 e. The number of rotatable bonds is 10. The molecule has 1 aromatic carbocycles. The standard InChI is InChI=1S/C20H25ClF3N5O3S2/c1-10-17(8-31-10)32-18(34-11-3-4-12(13(21)5-11)20(22,23)24)16(30-2)7-29(27)6-14(25)15-9-33-19(26)28-15/h3-6,9-10,16-18H,7-8,25,27H2,1-2H3,(H2,26,28)/b14-6-/t10?,16-,17?,18?/m0/s1. The van der Waals surface area contributed by atoms with E-state index >= 15 is 0 Å². The highest BCUT2D eigenvalue weighted by atomic mass is 35.5. The summed E-state index contributed by atoms with van der Waals surface area (Å²) in [5.74, 6) is 6.13. The number of methoxy groups -OCH3 is 1. The molecule has 1 saturated heterocycles. The summed E-state index contributed by atoms with van der Waals surface area (Å²) in [5, 5.41) is 3.01. The number of thioether (sulfide) groups is 1. The maximum absolute atomic E-state index is 13.1. The largest absolute Gasteiger partial charge is 0.417 e. The average Bonchev–Trinajstić information content (AvgIpc) is 3.19. The van der Waals surface area contributed by atoms with Crippen molar-refractivity contribution in [2.45, 2.75) is 41.7 Å². The monoisotopic (exact) mass is 539 g/mol. The molecule has 0 amide bonds. The van der Waals surface area contributed by atoms with E-state index in [0.29, 0.717) is 28.0 Å². The molecule has 1 fully saturated rings. The zero-order valence-electron chi connectivity index (χ0n) is 18.3. The highest BCUT2D eigenvalue weighted by Crippen LogP contribution is 2.38. The Morgan fingerprint density at radius 1 is 1.47 bits per heavy atom. The van der Waals surface area contributed by atoms with Gasteiger partial charge in [0.25, 0.3) is 0 Å². The van der Waals surface area contributed by atoms with Crippen molar-refractivity contribution in [3.8, 4) is 0 Å². The van der Waals surface area contributed by atoms with Crippen molar-refractivity contribution in [2.24, 2.45) is 11.6 Å². The van der Waals surface area contributed by atoms with E-state index in [1.807, 2.05) is 6.92 Å². The molecular weight excluding hydrogens is 515 g/mol. The summed E-state index contributed by atoms with van der Waals surface area (Å²) in [5.41, 5.74) is 11.0. The van der Waals surface area contributed by atoms with Gasteiger partial charge >= 0.3 is 6.18 Å². The van der Waals surface area contributed by atoms with E-state index in [-0.39, 0.29) is 18.8 Å². The van der Waals surface area contributed by atoms with E-state index in [2.05, 4.69) is 4.98 Å².